The number of amidine groups is 1. The monoisotopic (exact) mass is 498 g/mol. The van der Waals surface area contributed by atoms with Crippen LogP contribution in [0.3, 0.4) is 0 Å². The van der Waals surface area contributed by atoms with Gasteiger partial charge in [0.15, 0.2) is 19.7 Å². The van der Waals surface area contributed by atoms with Gasteiger partial charge in [0.25, 0.3) is 0 Å². The van der Waals surface area contributed by atoms with E-state index in [9.17, 15) is 9.90 Å². The molecule has 2 aliphatic rings. The Morgan fingerprint density at radius 1 is 1.30 bits per heavy atom. The summed E-state index contributed by atoms with van der Waals surface area (Å²) in [4.78, 5) is 17.1. The van der Waals surface area contributed by atoms with Crippen LogP contribution in [0.25, 0.3) is 0 Å². The third-order valence-corrected chi connectivity index (χ3v) is 12.2. The van der Waals surface area contributed by atoms with E-state index in [0.29, 0.717) is 0 Å². The lowest BCUT2D eigenvalue weighted by Gasteiger charge is -2.42. The lowest BCUT2D eigenvalue weighted by molar-refractivity contribution is -0.169. The minimum atomic E-state index is -2.09. The van der Waals surface area contributed by atoms with Gasteiger partial charge in [0.1, 0.15) is 23.7 Å². The molecule has 1 amide bonds. The highest BCUT2D eigenvalue weighted by Gasteiger charge is 2.52. The number of fused-ring (bicyclic) bond motifs is 1. The van der Waals surface area contributed by atoms with Crippen LogP contribution in [0.1, 0.15) is 33.3 Å². The molecule has 0 aliphatic carbocycles. The third kappa shape index (κ3) is 5.97. The fourth-order valence-electron chi connectivity index (χ4n) is 3.46. The van der Waals surface area contributed by atoms with Gasteiger partial charge in [-0.15, -0.1) is 0 Å². The second kappa shape index (κ2) is 10.4. The van der Waals surface area contributed by atoms with Crippen molar-refractivity contribution < 1.29 is 28.2 Å². The first kappa shape index (κ1) is 26.1. The zero-order chi connectivity index (χ0) is 24.4. The second-order valence-electron chi connectivity index (χ2n) is 9.87. The van der Waals surface area contributed by atoms with Gasteiger partial charge in [-0.1, -0.05) is 62.9 Å². The summed E-state index contributed by atoms with van der Waals surface area (Å²) in [5.74, 6) is 0. The molecule has 0 unspecified atom stereocenters. The van der Waals surface area contributed by atoms with E-state index in [1.165, 1.54) is 0 Å². The van der Waals surface area contributed by atoms with Crippen LogP contribution in [-0.2, 0) is 20.5 Å². The Bertz CT molecular complexity index is 851. The second-order valence-corrected chi connectivity index (χ2v) is 15.7. The average Bonchev–Trinajstić information content (AvgIpc) is 3.16. The molecule has 184 valence electrons. The van der Waals surface area contributed by atoms with Crippen LogP contribution in [-0.4, -0.2) is 72.6 Å². The van der Waals surface area contributed by atoms with E-state index in [2.05, 4.69) is 38.9 Å². The van der Waals surface area contributed by atoms with Gasteiger partial charge in [0, 0.05) is 6.54 Å². The molecule has 1 saturated heterocycles. The highest BCUT2D eigenvalue weighted by molar-refractivity contribution is 8.14. The molecular formula is C23H35FN2O5SSi. The summed E-state index contributed by atoms with van der Waals surface area (Å²) < 4.78 is 34.5. The molecule has 1 aromatic carbocycles. The van der Waals surface area contributed by atoms with Crippen molar-refractivity contribution in [3.05, 3.63) is 35.9 Å². The molecule has 2 aliphatic heterocycles. The number of thioether (sulfide) groups is 1. The van der Waals surface area contributed by atoms with Gasteiger partial charge in [0.05, 0.1) is 13.2 Å². The average molecular weight is 499 g/mol. The highest BCUT2D eigenvalue weighted by atomic mass is 32.2. The normalized spacial score (nSPS) is 27.7. The summed E-state index contributed by atoms with van der Waals surface area (Å²) >= 11 is 1.15. The Balaban J connectivity index is 1.79. The van der Waals surface area contributed by atoms with Crippen LogP contribution in [0.5, 0.6) is 0 Å². The van der Waals surface area contributed by atoms with E-state index < -0.39 is 44.3 Å². The van der Waals surface area contributed by atoms with Crippen molar-refractivity contribution in [1.82, 2.24) is 4.90 Å². The number of ether oxygens (including phenoxy) is 2. The zero-order valence-corrected chi connectivity index (χ0v) is 22.0. The van der Waals surface area contributed by atoms with Crippen LogP contribution < -0.4 is 0 Å². The molecule has 33 heavy (non-hydrogen) atoms. The standard InChI is InChI=1S/C23H35FN2O5SSi/c1-7-26(22(27)28)21-25-18-17(24)19(29-13-15-11-9-8-10-12-15)16(31-20(18)32-21)14-30-33(5,6)23(2,3)4/h8-12,16-20H,7,13-14H2,1-6H3,(H,27,28)/t16-,17-,18-,19-,20-/m1/s1. The van der Waals surface area contributed by atoms with Crippen LogP contribution in [0.15, 0.2) is 35.3 Å². The molecule has 0 aromatic heterocycles. The SMILES string of the molecule is CCN(C(=O)O)C1=N[C@@H]2[C@@H](F)[C@H](OCc3ccccc3)[C@@H](CO[Si](C)(C)C(C)(C)C)O[C@@H]2S1. The van der Waals surface area contributed by atoms with E-state index in [1.807, 2.05) is 30.3 Å². The summed E-state index contributed by atoms with van der Waals surface area (Å²) in [6, 6.07) is 8.75. The Labute approximate surface area is 200 Å². The topological polar surface area (TPSA) is 80.6 Å². The first-order chi connectivity index (χ1) is 15.4. The lowest BCUT2D eigenvalue weighted by atomic mass is 9.99. The van der Waals surface area contributed by atoms with E-state index in [0.717, 1.165) is 22.2 Å². The Morgan fingerprint density at radius 2 is 1.97 bits per heavy atom. The summed E-state index contributed by atoms with van der Waals surface area (Å²) in [5, 5.41) is 9.72. The number of hydrogen-bond donors (Lipinski definition) is 1. The maximum atomic E-state index is 15.8. The molecule has 7 nitrogen and oxygen atoms in total. The van der Waals surface area contributed by atoms with Gasteiger partial charge in [0.2, 0.25) is 0 Å². The van der Waals surface area contributed by atoms with Crippen molar-refractivity contribution in [1.29, 1.82) is 0 Å². The van der Waals surface area contributed by atoms with Crippen molar-refractivity contribution >= 4 is 31.3 Å². The number of hydrogen-bond acceptors (Lipinski definition) is 6. The van der Waals surface area contributed by atoms with Crippen LogP contribution in [0.2, 0.25) is 18.1 Å². The van der Waals surface area contributed by atoms with Gasteiger partial charge in [-0.25, -0.2) is 9.18 Å². The molecule has 0 spiro atoms. The molecule has 2 heterocycles. The van der Waals surface area contributed by atoms with E-state index in [4.69, 9.17) is 13.9 Å². The third-order valence-electron chi connectivity index (χ3n) is 6.55. The first-order valence-electron chi connectivity index (χ1n) is 11.3. The number of nitrogens with zero attached hydrogens (tertiary/aromatic N) is 2. The van der Waals surface area contributed by atoms with Crippen molar-refractivity contribution in [3.8, 4) is 0 Å². The van der Waals surface area contributed by atoms with Gasteiger partial charge in [-0.2, -0.15) is 0 Å². The lowest BCUT2D eigenvalue weighted by Crippen LogP contribution is -2.56. The molecule has 3 rings (SSSR count). The maximum absolute atomic E-state index is 15.8. The Hall–Kier alpha value is -1.46. The number of carboxylic acid groups (broad SMARTS) is 1. The number of aliphatic imine (C=N–C) groups is 1. The summed E-state index contributed by atoms with van der Waals surface area (Å²) in [6.07, 6.45) is -4.06. The van der Waals surface area contributed by atoms with Gasteiger partial charge >= 0.3 is 6.09 Å². The molecule has 0 saturated carbocycles. The minimum Gasteiger partial charge on any atom is -0.465 e. The van der Waals surface area contributed by atoms with Gasteiger partial charge < -0.3 is 19.0 Å². The summed E-state index contributed by atoms with van der Waals surface area (Å²) in [5.41, 5.74) is 0.317. The largest absolute Gasteiger partial charge is 0.465 e. The number of alkyl halides is 1. The van der Waals surface area contributed by atoms with Gasteiger partial charge in [-0.3, -0.25) is 9.89 Å². The fourth-order valence-corrected chi connectivity index (χ4v) is 5.75. The zero-order valence-electron chi connectivity index (χ0n) is 20.2. The number of halogens is 1. The number of benzene rings is 1. The highest BCUT2D eigenvalue weighted by Crippen LogP contribution is 2.41. The van der Waals surface area contributed by atoms with Crippen LogP contribution in [0.4, 0.5) is 9.18 Å². The van der Waals surface area contributed by atoms with Crippen LogP contribution >= 0.6 is 11.8 Å². The maximum Gasteiger partial charge on any atom is 0.413 e. The first-order valence-corrected chi connectivity index (χ1v) is 15.1. The van der Waals surface area contributed by atoms with E-state index in [1.54, 1.807) is 6.92 Å². The molecule has 0 bridgehead atoms. The predicted octanol–water partition coefficient (Wildman–Crippen LogP) is 5.13. The molecule has 1 N–H and O–H groups in total. The van der Waals surface area contributed by atoms with Crippen molar-refractivity contribution in [3.63, 3.8) is 0 Å². The number of rotatable bonds is 7. The molecule has 1 fully saturated rings. The molecule has 5 atom stereocenters. The van der Waals surface area contributed by atoms with E-state index in [-0.39, 0.29) is 30.0 Å². The number of carbonyl (C=O) groups is 1. The fraction of sp³-hybridized carbons (Fsp3) is 0.652. The van der Waals surface area contributed by atoms with Crippen molar-refractivity contribution in [2.45, 2.75) is 82.3 Å². The van der Waals surface area contributed by atoms with Crippen LogP contribution in [0, 0.1) is 0 Å². The molecule has 10 heteroatoms. The Kier molecular flexibility index (Phi) is 8.27. The van der Waals surface area contributed by atoms with E-state index >= 15 is 4.39 Å². The smallest absolute Gasteiger partial charge is 0.413 e. The van der Waals surface area contributed by atoms with Crippen molar-refractivity contribution in [2.75, 3.05) is 13.2 Å². The Morgan fingerprint density at radius 3 is 2.55 bits per heavy atom. The molecule has 1 aromatic rings. The predicted molar refractivity (Wildman–Crippen MR) is 131 cm³/mol. The molecule has 0 radical (unpaired) electrons. The summed E-state index contributed by atoms with van der Waals surface area (Å²) in [6.45, 7) is 13.1. The summed E-state index contributed by atoms with van der Waals surface area (Å²) in [7, 11) is -2.09. The van der Waals surface area contributed by atoms with Crippen molar-refractivity contribution in [2.24, 2.45) is 4.99 Å². The number of amides is 1. The quantitative estimate of drug-likeness (QED) is 0.525. The minimum absolute atomic E-state index is 0.00121. The van der Waals surface area contributed by atoms with Gasteiger partial charge in [-0.05, 0) is 30.6 Å². The molecular weight excluding hydrogens is 463 g/mol.